The number of nitrogens with zero attached hydrogens (tertiary/aromatic N) is 2. The van der Waals surface area contributed by atoms with Crippen LogP contribution in [0.4, 0.5) is 0 Å². The summed E-state index contributed by atoms with van der Waals surface area (Å²) in [6.07, 6.45) is 11.1. The molecule has 0 unspecified atom stereocenters. The van der Waals surface area contributed by atoms with Crippen molar-refractivity contribution in [1.29, 1.82) is 0 Å². The number of benzene rings is 3. The van der Waals surface area contributed by atoms with E-state index in [2.05, 4.69) is 89.3 Å². The van der Waals surface area contributed by atoms with Gasteiger partial charge >= 0.3 is 0 Å². The van der Waals surface area contributed by atoms with Gasteiger partial charge in [0.25, 0.3) is 0 Å². The van der Waals surface area contributed by atoms with Crippen LogP contribution >= 0.6 is 0 Å². The minimum Gasteiger partial charge on any atom is -0.248 e. The van der Waals surface area contributed by atoms with Gasteiger partial charge in [0.1, 0.15) is 0 Å². The zero-order valence-corrected chi connectivity index (χ0v) is 17.4. The molecule has 0 aliphatic heterocycles. The van der Waals surface area contributed by atoms with Crippen molar-refractivity contribution in [3.8, 4) is 5.69 Å². The van der Waals surface area contributed by atoms with E-state index in [0.29, 0.717) is 0 Å². The SMILES string of the molecule is Cn1[cH+]n(-c2[c-]cc3ccc4c5c3c2CC=C5CC=C4)c2ccccc21.[Ir]. The van der Waals surface area contributed by atoms with Gasteiger partial charge in [-0.15, -0.1) is 22.9 Å². The first-order valence-electron chi connectivity index (χ1n) is 9.13. The predicted molar refractivity (Wildman–Crippen MR) is 108 cm³/mol. The van der Waals surface area contributed by atoms with Crippen LogP contribution < -0.4 is 0 Å². The molecule has 3 heteroatoms. The normalized spacial score (nSPS) is 14.3. The average molecular weight is 527 g/mol. The summed E-state index contributed by atoms with van der Waals surface area (Å²) in [7, 11) is 2.11. The molecule has 0 bridgehead atoms. The third-order valence-electron chi connectivity index (χ3n) is 5.78. The largest absolute Gasteiger partial charge is 0.248 e. The van der Waals surface area contributed by atoms with Crippen molar-refractivity contribution in [2.45, 2.75) is 12.8 Å². The number of hydrogen-bond donors (Lipinski definition) is 0. The molecule has 1 heterocycles. The van der Waals surface area contributed by atoms with Crippen molar-refractivity contribution in [3.05, 3.63) is 83.7 Å². The minimum absolute atomic E-state index is 0. The number of imidazole rings is 1. The molecule has 0 atom stereocenters. The number of rotatable bonds is 1. The molecule has 0 amide bonds. The molecular formula is C24H18IrN2. The van der Waals surface area contributed by atoms with Gasteiger partial charge in [0.05, 0.1) is 0 Å². The maximum atomic E-state index is 3.59. The molecule has 3 aromatic carbocycles. The van der Waals surface area contributed by atoms with E-state index in [1.165, 1.54) is 49.8 Å². The molecule has 1 radical (unpaired) electrons. The Balaban J connectivity index is 0.00000160. The van der Waals surface area contributed by atoms with E-state index in [0.717, 1.165) is 12.8 Å². The maximum Gasteiger partial charge on any atom is 0.188 e. The second-order valence-corrected chi connectivity index (χ2v) is 7.23. The summed E-state index contributed by atoms with van der Waals surface area (Å²) in [5.74, 6) is 0. The molecule has 0 saturated heterocycles. The van der Waals surface area contributed by atoms with Gasteiger partial charge < -0.3 is 0 Å². The monoisotopic (exact) mass is 527 g/mol. The molecule has 2 aliphatic carbocycles. The van der Waals surface area contributed by atoms with Crippen LogP contribution in [0.25, 0.3) is 39.1 Å². The Labute approximate surface area is 171 Å². The molecule has 4 aromatic rings. The molecule has 6 rings (SSSR count). The second kappa shape index (κ2) is 6.02. The van der Waals surface area contributed by atoms with Crippen LogP contribution in [0.15, 0.2) is 60.9 Å². The van der Waals surface area contributed by atoms with Crippen LogP contribution in [0, 0.1) is 6.07 Å². The molecule has 2 nitrogen and oxygen atoms in total. The van der Waals surface area contributed by atoms with Crippen molar-refractivity contribution in [1.82, 2.24) is 9.13 Å². The van der Waals surface area contributed by atoms with Crippen LogP contribution in [0.2, 0.25) is 0 Å². The van der Waals surface area contributed by atoms with Crippen molar-refractivity contribution in [3.63, 3.8) is 0 Å². The molecule has 1 aromatic heterocycles. The summed E-state index contributed by atoms with van der Waals surface area (Å²) in [5.41, 5.74) is 9.27. The van der Waals surface area contributed by atoms with Crippen molar-refractivity contribution < 1.29 is 20.1 Å². The van der Waals surface area contributed by atoms with Crippen LogP contribution in [0.3, 0.4) is 0 Å². The Bertz CT molecular complexity index is 1290. The molecule has 27 heavy (non-hydrogen) atoms. The van der Waals surface area contributed by atoms with Crippen molar-refractivity contribution >= 4 is 33.5 Å². The van der Waals surface area contributed by atoms with Gasteiger partial charge in [-0.3, -0.25) is 0 Å². The Kier molecular flexibility index (Phi) is 3.72. The maximum absolute atomic E-state index is 3.59. The first kappa shape index (κ1) is 16.7. The van der Waals surface area contributed by atoms with Crippen molar-refractivity contribution in [2.75, 3.05) is 0 Å². The van der Waals surface area contributed by atoms with Gasteiger partial charge in [0, 0.05) is 45.0 Å². The first-order valence-corrected chi connectivity index (χ1v) is 9.13. The molecule has 0 saturated carbocycles. The fourth-order valence-corrected chi connectivity index (χ4v) is 4.60. The van der Waals surface area contributed by atoms with E-state index in [9.17, 15) is 0 Å². The summed E-state index contributed by atoms with van der Waals surface area (Å²) in [6, 6.07) is 18.8. The van der Waals surface area contributed by atoms with Gasteiger partial charge in [-0.1, -0.05) is 29.9 Å². The predicted octanol–water partition coefficient (Wildman–Crippen LogP) is 5.56. The topological polar surface area (TPSA) is 9.86 Å². The number of aromatic nitrogens is 2. The zero-order valence-electron chi connectivity index (χ0n) is 15.0. The van der Waals surface area contributed by atoms with E-state index >= 15 is 0 Å². The Morgan fingerprint density at radius 1 is 1.04 bits per heavy atom. The molecule has 0 fully saturated rings. The molecule has 0 N–H and O–H groups in total. The first-order chi connectivity index (χ1) is 12.8. The summed E-state index contributed by atoms with van der Waals surface area (Å²) >= 11 is 0. The smallest absolute Gasteiger partial charge is 0.188 e. The van der Waals surface area contributed by atoms with Crippen LogP contribution in [0.1, 0.15) is 23.1 Å². The van der Waals surface area contributed by atoms with Gasteiger partial charge in [-0.25, -0.2) is 4.57 Å². The van der Waals surface area contributed by atoms with E-state index in [1.807, 2.05) is 0 Å². The minimum atomic E-state index is 0. The number of para-hydroxylation sites is 2. The molecular weight excluding hydrogens is 508 g/mol. The Hall–Kier alpha value is -2.48. The van der Waals surface area contributed by atoms with Gasteiger partial charge in [-0.05, 0) is 41.7 Å². The van der Waals surface area contributed by atoms with Gasteiger partial charge in [-0.2, -0.15) is 10.6 Å². The average Bonchev–Trinajstić information content (AvgIpc) is 3.03. The molecule has 133 valence electrons. The third kappa shape index (κ3) is 2.25. The third-order valence-corrected chi connectivity index (χ3v) is 5.78. The molecule has 2 aliphatic rings. The Morgan fingerprint density at radius 3 is 2.78 bits per heavy atom. The van der Waals surface area contributed by atoms with Crippen LogP contribution in [-0.4, -0.2) is 9.13 Å². The van der Waals surface area contributed by atoms with Crippen molar-refractivity contribution in [2.24, 2.45) is 7.05 Å². The number of hydrogen-bond acceptors (Lipinski definition) is 0. The van der Waals surface area contributed by atoms with E-state index < -0.39 is 0 Å². The van der Waals surface area contributed by atoms with E-state index in [1.54, 1.807) is 0 Å². The van der Waals surface area contributed by atoms with E-state index in [-0.39, 0.29) is 20.1 Å². The number of fused-ring (bicyclic) bond motifs is 1. The Morgan fingerprint density at radius 2 is 1.89 bits per heavy atom. The van der Waals surface area contributed by atoms with Crippen LogP contribution in [-0.2, 0) is 33.6 Å². The fourth-order valence-electron chi connectivity index (χ4n) is 4.60. The van der Waals surface area contributed by atoms with Gasteiger partial charge in [0.15, 0.2) is 17.4 Å². The van der Waals surface area contributed by atoms with E-state index in [4.69, 9.17) is 0 Å². The van der Waals surface area contributed by atoms with Crippen LogP contribution in [0.5, 0.6) is 0 Å². The summed E-state index contributed by atoms with van der Waals surface area (Å²) in [4.78, 5) is 0. The summed E-state index contributed by atoms with van der Waals surface area (Å²) < 4.78 is 4.48. The number of aryl methyl sites for hydroxylation is 1. The summed E-state index contributed by atoms with van der Waals surface area (Å²) in [6.45, 7) is 0. The second-order valence-electron chi connectivity index (χ2n) is 7.23. The van der Waals surface area contributed by atoms with Gasteiger partial charge in [0.2, 0.25) is 0 Å². The summed E-state index contributed by atoms with van der Waals surface area (Å²) in [5, 5.41) is 2.71. The molecule has 0 spiro atoms. The quantitative estimate of drug-likeness (QED) is 0.288. The number of allylic oxidation sites excluding steroid dienone is 3. The zero-order chi connectivity index (χ0) is 17.3. The fraction of sp³-hybridized carbons (Fsp3) is 0.125. The standard InChI is InChI=1S/C24H18N2.Ir/c1-25-15-26(22-8-3-2-7-21(22)25)20-14-12-18-10-9-16-5-4-6-17-11-13-19(20)24(18)23(16)17;/h2-5,7-12,15H,6,13H2,1H3;.